The maximum Gasteiger partial charge on any atom is 0.277 e. The summed E-state index contributed by atoms with van der Waals surface area (Å²) in [6, 6.07) is 0. The van der Waals surface area contributed by atoms with Gasteiger partial charge in [0.15, 0.2) is 0 Å². The van der Waals surface area contributed by atoms with Crippen LogP contribution in [0.4, 0.5) is 8.78 Å². The Morgan fingerprint density at radius 1 is 1.43 bits per heavy atom. The van der Waals surface area contributed by atoms with Gasteiger partial charge in [-0.15, -0.1) is 0 Å². The van der Waals surface area contributed by atoms with E-state index in [2.05, 4.69) is 5.32 Å². The molecule has 14 heavy (non-hydrogen) atoms. The molecule has 84 valence electrons. The van der Waals surface area contributed by atoms with Gasteiger partial charge in [0.25, 0.3) is 5.92 Å². The first-order valence-corrected chi connectivity index (χ1v) is 4.66. The van der Waals surface area contributed by atoms with Gasteiger partial charge < -0.3 is 11.1 Å². The van der Waals surface area contributed by atoms with E-state index in [-0.39, 0.29) is 17.7 Å². The molecule has 0 aliphatic carbocycles. The van der Waals surface area contributed by atoms with E-state index >= 15 is 0 Å². The smallest absolute Gasteiger partial charge is 0.277 e. The van der Waals surface area contributed by atoms with Crippen molar-refractivity contribution in [2.75, 3.05) is 13.1 Å². The predicted molar refractivity (Wildman–Crippen MR) is 51.0 cm³/mol. The summed E-state index contributed by atoms with van der Waals surface area (Å²) in [4.78, 5) is 11.3. The number of halogens is 2. The van der Waals surface area contributed by atoms with Crippen LogP contribution < -0.4 is 11.1 Å². The molecule has 0 aromatic rings. The lowest BCUT2D eigenvalue weighted by molar-refractivity contribution is -0.127. The summed E-state index contributed by atoms with van der Waals surface area (Å²) < 4.78 is 25.3. The molecule has 1 unspecified atom stereocenters. The van der Waals surface area contributed by atoms with Gasteiger partial charge in [0, 0.05) is 5.92 Å². The molecule has 0 rings (SSSR count). The Labute approximate surface area is 83.0 Å². The lowest BCUT2D eigenvalue weighted by Gasteiger charge is -2.18. The van der Waals surface area contributed by atoms with Gasteiger partial charge in [0.2, 0.25) is 5.91 Å². The molecule has 0 radical (unpaired) electrons. The molecule has 0 aromatic carbocycles. The average Bonchev–Trinajstić information content (AvgIpc) is 2.13. The first kappa shape index (κ1) is 13.3. The number of alkyl halides is 2. The largest absolute Gasteiger partial charge is 0.350 e. The van der Waals surface area contributed by atoms with Gasteiger partial charge >= 0.3 is 0 Å². The monoisotopic (exact) mass is 208 g/mol. The highest BCUT2D eigenvalue weighted by molar-refractivity contribution is 5.78. The molecule has 0 aliphatic heterocycles. The Balaban J connectivity index is 3.97. The molecule has 3 nitrogen and oxygen atoms in total. The SMILES string of the molecule is CC(C)C(C)C(=O)NCC(F)(F)CN. The van der Waals surface area contributed by atoms with E-state index in [4.69, 9.17) is 5.73 Å². The number of hydrogen-bond donors (Lipinski definition) is 2. The zero-order chi connectivity index (χ0) is 11.4. The molecule has 3 N–H and O–H groups in total. The zero-order valence-corrected chi connectivity index (χ0v) is 8.81. The lowest BCUT2D eigenvalue weighted by Crippen LogP contribution is -2.43. The van der Waals surface area contributed by atoms with Crippen LogP contribution in [0.2, 0.25) is 0 Å². The zero-order valence-electron chi connectivity index (χ0n) is 8.81. The van der Waals surface area contributed by atoms with Crippen LogP contribution in [0, 0.1) is 11.8 Å². The van der Waals surface area contributed by atoms with Crippen molar-refractivity contribution in [3.05, 3.63) is 0 Å². The van der Waals surface area contributed by atoms with Crippen molar-refractivity contribution in [3.63, 3.8) is 0 Å². The Hall–Kier alpha value is -0.710. The number of amides is 1. The summed E-state index contributed by atoms with van der Waals surface area (Å²) in [6.45, 7) is 4.01. The van der Waals surface area contributed by atoms with Crippen LogP contribution in [0.15, 0.2) is 0 Å². The van der Waals surface area contributed by atoms with Crippen LogP contribution in [-0.4, -0.2) is 24.9 Å². The van der Waals surface area contributed by atoms with Crippen molar-refractivity contribution >= 4 is 5.91 Å². The molecule has 0 heterocycles. The third kappa shape index (κ3) is 4.50. The average molecular weight is 208 g/mol. The first-order valence-electron chi connectivity index (χ1n) is 4.66. The Morgan fingerprint density at radius 3 is 2.29 bits per heavy atom. The summed E-state index contributed by atoms with van der Waals surface area (Å²) >= 11 is 0. The van der Waals surface area contributed by atoms with Gasteiger partial charge in [-0.3, -0.25) is 4.79 Å². The number of carbonyl (C=O) groups is 1. The fourth-order valence-electron chi connectivity index (χ4n) is 0.752. The van der Waals surface area contributed by atoms with Gasteiger partial charge in [-0.25, -0.2) is 8.78 Å². The van der Waals surface area contributed by atoms with Gasteiger partial charge in [-0.2, -0.15) is 0 Å². The van der Waals surface area contributed by atoms with E-state index < -0.39 is 19.0 Å². The maximum atomic E-state index is 12.6. The van der Waals surface area contributed by atoms with Crippen LogP contribution in [0.25, 0.3) is 0 Å². The number of carbonyl (C=O) groups excluding carboxylic acids is 1. The summed E-state index contributed by atoms with van der Waals surface area (Å²) in [5.41, 5.74) is 4.83. The summed E-state index contributed by atoms with van der Waals surface area (Å²) in [5.74, 6) is -3.48. The number of nitrogens with two attached hydrogens (primary N) is 1. The van der Waals surface area contributed by atoms with Gasteiger partial charge in [0.05, 0.1) is 13.1 Å². The first-order chi connectivity index (χ1) is 6.30. The second-order valence-electron chi connectivity index (χ2n) is 3.81. The number of nitrogens with one attached hydrogen (secondary N) is 1. The van der Waals surface area contributed by atoms with Crippen LogP contribution in [0.5, 0.6) is 0 Å². The Morgan fingerprint density at radius 2 is 1.93 bits per heavy atom. The van der Waals surface area contributed by atoms with Crippen molar-refractivity contribution in [1.29, 1.82) is 0 Å². The minimum atomic E-state index is -3.01. The standard InChI is InChI=1S/C9H18F2N2O/c1-6(2)7(3)8(14)13-5-9(10,11)4-12/h6-7H,4-5,12H2,1-3H3,(H,13,14). The van der Waals surface area contributed by atoms with E-state index in [9.17, 15) is 13.6 Å². The molecule has 5 heteroatoms. The van der Waals surface area contributed by atoms with Crippen molar-refractivity contribution in [1.82, 2.24) is 5.32 Å². The summed E-state index contributed by atoms with van der Waals surface area (Å²) in [7, 11) is 0. The molecular weight excluding hydrogens is 190 g/mol. The normalized spacial score (nSPS) is 14.2. The molecule has 0 bridgehead atoms. The molecule has 1 atom stereocenters. The van der Waals surface area contributed by atoms with E-state index in [0.29, 0.717) is 0 Å². The molecule has 0 saturated heterocycles. The lowest BCUT2D eigenvalue weighted by atomic mass is 9.97. The summed E-state index contributed by atoms with van der Waals surface area (Å²) in [6.07, 6.45) is 0. The van der Waals surface area contributed by atoms with Crippen molar-refractivity contribution in [3.8, 4) is 0 Å². The molecule has 0 spiro atoms. The minimum Gasteiger partial charge on any atom is -0.350 e. The second-order valence-corrected chi connectivity index (χ2v) is 3.81. The van der Waals surface area contributed by atoms with Crippen LogP contribution >= 0.6 is 0 Å². The fourth-order valence-corrected chi connectivity index (χ4v) is 0.752. The molecular formula is C9H18F2N2O. The Bertz CT molecular complexity index is 195. The van der Waals surface area contributed by atoms with E-state index in [0.717, 1.165) is 0 Å². The maximum absolute atomic E-state index is 12.6. The predicted octanol–water partition coefficient (Wildman–Crippen LogP) is 0.989. The van der Waals surface area contributed by atoms with Gasteiger partial charge in [0.1, 0.15) is 0 Å². The fraction of sp³-hybridized carbons (Fsp3) is 0.889. The highest BCUT2D eigenvalue weighted by Crippen LogP contribution is 2.12. The van der Waals surface area contributed by atoms with Crippen molar-refractivity contribution in [2.24, 2.45) is 17.6 Å². The highest BCUT2D eigenvalue weighted by Gasteiger charge is 2.28. The number of hydrogen-bond acceptors (Lipinski definition) is 2. The van der Waals surface area contributed by atoms with Crippen molar-refractivity contribution < 1.29 is 13.6 Å². The molecule has 0 fully saturated rings. The van der Waals surface area contributed by atoms with Crippen molar-refractivity contribution in [2.45, 2.75) is 26.7 Å². The third-order valence-electron chi connectivity index (χ3n) is 2.23. The molecule has 0 aromatic heterocycles. The highest BCUT2D eigenvalue weighted by atomic mass is 19.3. The van der Waals surface area contributed by atoms with Crippen LogP contribution in [0.1, 0.15) is 20.8 Å². The summed E-state index contributed by atoms with van der Waals surface area (Å²) in [5, 5.41) is 2.19. The Kier molecular flexibility index (Phi) is 4.97. The molecule has 0 saturated carbocycles. The molecule has 1 amide bonds. The minimum absolute atomic E-state index is 0.140. The van der Waals surface area contributed by atoms with Gasteiger partial charge in [-0.1, -0.05) is 20.8 Å². The van der Waals surface area contributed by atoms with Crippen LogP contribution in [-0.2, 0) is 4.79 Å². The van der Waals surface area contributed by atoms with Gasteiger partial charge in [-0.05, 0) is 5.92 Å². The quantitative estimate of drug-likeness (QED) is 0.708. The topological polar surface area (TPSA) is 55.1 Å². The third-order valence-corrected chi connectivity index (χ3v) is 2.23. The second kappa shape index (κ2) is 5.24. The molecule has 0 aliphatic rings. The van der Waals surface area contributed by atoms with Crippen LogP contribution in [0.3, 0.4) is 0 Å². The number of rotatable bonds is 5. The van der Waals surface area contributed by atoms with E-state index in [1.165, 1.54) is 0 Å². The van der Waals surface area contributed by atoms with E-state index in [1.54, 1.807) is 6.92 Å². The van der Waals surface area contributed by atoms with E-state index in [1.807, 2.05) is 13.8 Å².